The quantitative estimate of drug-likeness (QED) is 0.630. The van der Waals surface area contributed by atoms with E-state index in [9.17, 15) is 0 Å². The minimum atomic E-state index is 0.531. The summed E-state index contributed by atoms with van der Waals surface area (Å²) in [4.78, 5) is 8.45. The molecule has 0 amide bonds. The maximum atomic E-state index is 4.22. The van der Waals surface area contributed by atoms with E-state index in [1.165, 1.54) is 25.7 Å². The van der Waals surface area contributed by atoms with Crippen LogP contribution in [0.4, 0.5) is 0 Å². The van der Waals surface area contributed by atoms with Gasteiger partial charge >= 0.3 is 0 Å². The Morgan fingerprint density at radius 3 is 2.75 bits per heavy atom. The van der Waals surface area contributed by atoms with Crippen LogP contribution in [0.3, 0.4) is 0 Å². The van der Waals surface area contributed by atoms with Gasteiger partial charge in [-0.2, -0.15) is 0 Å². The predicted octanol–water partition coefficient (Wildman–Crippen LogP) is 2.49. The van der Waals surface area contributed by atoms with Gasteiger partial charge in [-0.15, -0.1) is 0 Å². The minimum absolute atomic E-state index is 0.531. The van der Waals surface area contributed by atoms with E-state index in [-0.39, 0.29) is 0 Å². The van der Waals surface area contributed by atoms with E-state index in [1.807, 2.05) is 6.07 Å². The zero-order chi connectivity index (χ0) is 11.2. The first-order chi connectivity index (χ1) is 7.84. The molecule has 1 saturated carbocycles. The number of hydrogen-bond acceptors (Lipinski definition) is 4. The fraction of sp³-hybridized carbons (Fsp3) is 0.667. The van der Waals surface area contributed by atoms with Crippen molar-refractivity contribution < 1.29 is 0 Å². The van der Waals surface area contributed by atoms with E-state index in [4.69, 9.17) is 0 Å². The molecule has 1 N–H and O–H groups in total. The molecule has 4 heteroatoms. The Hall–Kier alpha value is -0.610. The lowest BCUT2D eigenvalue weighted by molar-refractivity contribution is 0.527. The lowest BCUT2D eigenvalue weighted by Crippen LogP contribution is -2.31. The normalized spacial score (nSPS) is 18.8. The van der Waals surface area contributed by atoms with Crippen LogP contribution in [0, 0.1) is 0 Å². The summed E-state index contributed by atoms with van der Waals surface area (Å²) in [5.74, 6) is 0. The van der Waals surface area contributed by atoms with Gasteiger partial charge in [-0.1, -0.05) is 31.5 Å². The fourth-order valence-electron chi connectivity index (χ4n) is 2.03. The van der Waals surface area contributed by atoms with E-state index in [0.29, 0.717) is 5.25 Å². The van der Waals surface area contributed by atoms with Gasteiger partial charge in [0.15, 0.2) is 5.16 Å². The molecule has 0 saturated heterocycles. The van der Waals surface area contributed by atoms with Crippen LogP contribution in [0.15, 0.2) is 23.6 Å². The summed E-state index contributed by atoms with van der Waals surface area (Å²) in [5.41, 5.74) is 0. The highest BCUT2D eigenvalue weighted by Gasteiger charge is 2.15. The molecule has 0 radical (unpaired) electrons. The molecule has 1 fully saturated rings. The number of nitrogens with one attached hydrogen (secondary N) is 1. The Kier molecular flexibility index (Phi) is 4.60. The van der Waals surface area contributed by atoms with E-state index in [1.54, 1.807) is 24.2 Å². The zero-order valence-corrected chi connectivity index (χ0v) is 10.5. The van der Waals surface area contributed by atoms with Gasteiger partial charge in [-0.25, -0.2) is 9.97 Å². The van der Waals surface area contributed by atoms with Crippen LogP contribution >= 0.6 is 11.8 Å². The van der Waals surface area contributed by atoms with Gasteiger partial charge in [0.05, 0.1) is 0 Å². The molecule has 0 aromatic carbocycles. The van der Waals surface area contributed by atoms with Gasteiger partial charge in [-0.05, 0) is 18.9 Å². The zero-order valence-electron chi connectivity index (χ0n) is 9.72. The van der Waals surface area contributed by atoms with E-state index in [0.717, 1.165) is 17.7 Å². The smallest absolute Gasteiger partial charge is 0.187 e. The summed E-state index contributed by atoms with van der Waals surface area (Å²) in [6.07, 6.45) is 9.07. The molecule has 1 aromatic rings. The summed E-state index contributed by atoms with van der Waals surface area (Å²) >= 11 is 1.74. The number of nitrogens with zero attached hydrogens (tertiary/aromatic N) is 2. The molecule has 0 bridgehead atoms. The Bertz CT molecular complexity index is 298. The third kappa shape index (κ3) is 3.76. The summed E-state index contributed by atoms with van der Waals surface area (Å²) < 4.78 is 0. The monoisotopic (exact) mass is 237 g/mol. The Morgan fingerprint density at radius 1 is 1.38 bits per heavy atom. The standard InChI is InChI=1S/C12H19N3S/c1-10(9-15-11-5-2-3-6-11)16-12-13-7-4-8-14-12/h4,7-8,10-11,15H,2-3,5-6,9H2,1H3. The highest BCUT2D eigenvalue weighted by Crippen LogP contribution is 2.20. The SMILES string of the molecule is CC(CNC1CCCC1)Sc1ncccn1. The predicted molar refractivity (Wildman–Crippen MR) is 67.6 cm³/mol. The largest absolute Gasteiger partial charge is 0.313 e. The number of hydrogen-bond donors (Lipinski definition) is 1. The molecule has 88 valence electrons. The summed E-state index contributed by atoms with van der Waals surface area (Å²) in [5, 5.41) is 5.03. The Morgan fingerprint density at radius 2 is 2.06 bits per heavy atom. The molecule has 0 spiro atoms. The van der Waals surface area contributed by atoms with Crippen LogP contribution in [-0.4, -0.2) is 27.8 Å². The van der Waals surface area contributed by atoms with Crippen molar-refractivity contribution in [3.63, 3.8) is 0 Å². The van der Waals surface area contributed by atoms with Gasteiger partial charge < -0.3 is 5.32 Å². The van der Waals surface area contributed by atoms with Crippen molar-refractivity contribution in [2.24, 2.45) is 0 Å². The molecule has 16 heavy (non-hydrogen) atoms. The Labute approximate surface area is 101 Å². The summed E-state index contributed by atoms with van der Waals surface area (Å²) in [6, 6.07) is 2.60. The van der Waals surface area contributed by atoms with Crippen molar-refractivity contribution in [3.8, 4) is 0 Å². The number of rotatable bonds is 5. The maximum Gasteiger partial charge on any atom is 0.187 e. The van der Waals surface area contributed by atoms with Crippen molar-refractivity contribution in [3.05, 3.63) is 18.5 Å². The molecule has 3 nitrogen and oxygen atoms in total. The molecule has 1 unspecified atom stereocenters. The van der Waals surface area contributed by atoms with Crippen LogP contribution in [0.5, 0.6) is 0 Å². The van der Waals surface area contributed by atoms with Gasteiger partial charge in [-0.3, -0.25) is 0 Å². The first-order valence-corrected chi connectivity index (χ1v) is 6.89. The first kappa shape index (κ1) is 11.9. The first-order valence-electron chi connectivity index (χ1n) is 6.01. The van der Waals surface area contributed by atoms with Crippen LogP contribution in [-0.2, 0) is 0 Å². The third-order valence-electron chi connectivity index (χ3n) is 2.90. The van der Waals surface area contributed by atoms with Crippen LogP contribution in [0.1, 0.15) is 32.6 Å². The second-order valence-corrected chi connectivity index (χ2v) is 5.76. The van der Waals surface area contributed by atoms with Crippen LogP contribution in [0.25, 0.3) is 0 Å². The van der Waals surface area contributed by atoms with Crippen molar-refractivity contribution >= 4 is 11.8 Å². The van der Waals surface area contributed by atoms with Crippen molar-refractivity contribution in [2.75, 3.05) is 6.54 Å². The lowest BCUT2D eigenvalue weighted by atomic mass is 10.2. The number of aromatic nitrogens is 2. The molecular weight excluding hydrogens is 218 g/mol. The molecule has 1 aliphatic carbocycles. The average molecular weight is 237 g/mol. The summed E-state index contributed by atoms with van der Waals surface area (Å²) in [7, 11) is 0. The van der Waals surface area contributed by atoms with E-state index >= 15 is 0 Å². The van der Waals surface area contributed by atoms with Gasteiger partial charge in [0, 0.05) is 30.2 Å². The highest BCUT2D eigenvalue weighted by atomic mass is 32.2. The second-order valence-electron chi connectivity index (χ2n) is 4.35. The Balaban J connectivity index is 1.69. The van der Waals surface area contributed by atoms with Crippen LogP contribution in [0.2, 0.25) is 0 Å². The topological polar surface area (TPSA) is 37.8 Å². The van der Waals surface area contributed by atoms with E-state index < -0.39 is 0 Å². The molecule has 0 aliphatic heterocycles. The van der Waals surface area contributed by atoms with Crippen LogP contribution < -0.4 is 5.32 Å². The van der Waals surface area contributed by atoms with Gasteiger partial charge in [0.2, 0.25) is 0 Å². The molecule has 2 rings (SSSR count). The third-order valence-corrected chi connectivity index (χ3v) is 3.89. The maximum absolute atomic E-state index is 4.22. The van der Waals surface area contributed by atoms with E-state index in [2.05, 4.69) is 22.2 Å². The van der Waals surface area contributed by atoms with Gasteiger partial charge in [0.25, 0.3) is 0 Å². The molecule has 1 aromatic heterocycles. The van der Waals surface area contributed by atoms with Crippen molar-refractivity contribution in [1.82, 2.24) is 15.3 Å². The second kappa shape index (κ2) is 6.21. The highest BCUT2D eigenvalue weighted by molar-refractivity contribution is 7.99. The molecule has 1 heterocycles. The number of thioether (sulfide) groups is 1. The molecular formula is C12H19N3S. The fourth-order valence-corrected chi connectivity index (χ4v) is 2.81. The average Bonchev–Trinajstić information content (AvgIpc) is 2.81. The minimum Gasteiger partial charge on any atom is -0.313 e. The molecule has 1 aliphatic rings. The van der Waals surface area contributed by atoms with Crippen molar-refractivity contribution in [1.29, 1.82) is 0 Å². The van der Waals surface area contributed by atoms with Crippen molar-refractivity contribution in [2.45, 2.75) is 49.1 Å². The van der Waals surface area contributed by atoms with Gasteiger partial charge in [0.1, 0.15) is 0 Å². The lowest BCUT2D eigenvalue weighted by Gasteiger charge is -2.15. The molecule has 1 atom stereocenters. The summed E-state index contributed by atoms with van der Waals surface area (Å²) in [6.45, 7) is 3.27.